The van der Waals surface area contributed by atoms with Crippen molar-refractivity contribution in [2.24, 2.45) is 0 Å². The van der Waals surface area contributed by atoms with Crippen LogP contribution in [0.4, 0.5) is 0 Å². The molecule has 0 saturated carbocycles. The molecule has 0 heterocycles. The molecular weight excluding hydrogens is 216 g/mol. The first kappa shape index (κ1) is 13.2. The van der Waals surface area contributed by atoms with Gasteiger partial charge in [-0.1, -0.05) is 0 Å². The largest absolute Gasteiger partial charge is 2.00 e. The molecule has 0 fully saturated rings. The summed E-state index contributed by atoms with van der Waals surface area (Å²) in [7, 11) is 1.70. The van der Waals surface area contributed by atoms with Crippen LogP contribution in [-0.4, -0.2) is 7.11 Å². The number of hydrogen-bond acceptors (Lipinski definition) is 1. The molecule has 2 rings (SSSR count). The summed E-state index contributed by atoms with van der Waals surface area (Å²) in [4.78, 5) is 0. The smallest absolute Gasteiger partial charge is 0.382 e. The van der Waals surface area contributed by atoms with Crippen molar-refractivity contribution in [3.63, 3.8) is 0 Å². The van der Waals surface area contributed by atoms with Gasteiger partial charge in [-0.15, -0.1) is 5.56 Å². The molecule has 0 aliphatic rings. The van der Waals surface area contributed by atoms with Crippen LogP contribution < -0.4 is 0 Å². The van der Waals surface area contributed by atoms with Crippen molar-refractivity contribution in [3.05, 3.63) is 60.2 Å². The van der Waals surface area contributed by atoms with E-state index in [2.05, 4.69) is 0 Å². The molecule has 2 heteroatoms. The second-order valence-electron chi connectivity index (χ2n) is 2.69. The fourth-order valence-electron chi connectivity index (χ4n) is 0.998. The number of rotatable bonds is 2. The molecule has 0 aliphatic heterocycles. The number of methoxy groups -OCH3 is 1. The first-order chi connectivity index (χ1) is 6.43. The van der Waals surface area contributed by atoms with E-state index >= 15 is 0 Å². The third-order valence-electron chi connectivity index (χ3n) is 1.60. The molecule has 0 spiro atoms. The van der Waals surface area contributed by atoms with E-state index in [4.69, 9.17) is 4.74 Å². The van der Waals surface area contributed by atoms with E-state index in [9.17, 15) is 0 Å². The van der Waals surface area contributed by atoms with E-state index in [1.54, 1.807) is 7.11 Å². The topological polar surface area (TPSA) is 9.23 Å². The van der Waals surface area contributed by atoms with Crippen LogP contribution >= 0.6 is 0 Å². The van der Waals surface area contributed by atoms with Crippen LogP contribution in [0.2, 0.25) is 0 Å². The molecule has 0 unspecified atom stereocenters. The quantitative estimate of drug-likeness (QED) is 0.569. The van der Waals surface area contributed by atoms with E-state index in [1.807, 2.05) is 54.6 Å². The first-order valence-corrected chi connectivity index (χ1v) is 4.29. The summed E-state index contributed by atoms with van der Waals surface area (Å²) in [6, 6.07) is 18.1. The molecule has 0 amide bonds. The maximum Gasteiger partial charge on any atom is 2.00 e. The Morgan fingerprint density at radius 2 is 1.86 bits per heavy atom. The number of ether oxygens (including phenoxy) is 1. The van der Waals surface area contributed by atoms with Crippen molar-refractivity contribution in [2.75, 3.05) is 7.11 Å². The monoisotopic (exact) mass is 230 g/mol. The zero-order chi connectivity index (χ0) is 9.36. The fraction of sp³-hybridized carbons (Fsp3) is 0.167. The molecule has 0 aliphatic carbocycles. The summed E-state index contributed by atoms with van der Waals surface area (Å²) >= 11 is 0. The fourth-order valence-corrected chi connectivity index (χ4v) is 0.998. The van der Waals surface area contributed by atoms with Gasteiger partial charge in [0.1, 0.15) is 0 Å². The predicted molar refractivity (Wildman–Crippen MR) is 54.8 cm³/mol. The molecule has 0 aromatic heterocycles. The predicted octanol–water partition coefficient (Wildman–Crippen LogP) is 2.95. The average molecular weight is 230 g/mol. The van der Waals surface area contributed by atoms with Gasteiger partial charge in [-0.05, 0) is 0 Å². The van der Waals surface area contributed by atoms with Crippen molar-refractivity contribution in [1.29, 1.82) is 0 Å². The van der Waals surface area contributed by atoms with Crippen molar-refractivity contribution in [2.45, 2.75) is 6.61 Å². The molecular formula is C12H14FeO. The van der Waals surface area contributed by atoms with Crippen LogP contribution in [0.25, 0.3) is 0 Å². The summed E-state index contributed by atoms with van der Waals surface area (Å²) in [6.45, 7) is 0.729. The molecule has 0 atom stereocenters. The SMILES string of the molecule is COCc1ccc[cH-]1.[Fe+2].c1cc[cH-]c1. The minimum absolute atomic E-state index is 0. The van der Waals surface area contributed by atoms with Crippen molar-refractivity contribution >= 4 is 0 Å². The van der Waals surface area contributed by atoms with Gasteiger partial charge in [0.2, 0.25) is 0 Å². The Morgan fingerprint density at radius 1 is 1.14 bits per heavy atom. The second-order valence-corrected chi connectivity index (χ2v) is 2.69. The Hall–Kier alpha value is -0.821. The molecule has 2 aromatic carbocycles. The third-order valence-corrected chi connectivity index (χ3v) is 1.60. The summed E-state index contributed by atoms with van der Waals surface area (Å²) < 4.78 is 4.89. The number of hydrogen-bond donors (Lipinski definition) is 0. The van der Waals surface area contributed by atoms with Crippen LogP contribution in [0.15, 0.2) is 54.6 Å². The Morgan fingerprint density at radius 3 is 2.21 bits per heavy atom. The van der Waals surface area contributed by atoms with Crippen LogP contribution in [-0.2, 0) is 28.4 Å². The standard InChI is InChI=1S/C7H9O.C5H5.Fe/c1-8-6-7-4-2-3-5-7;1-2-4-5-3-1;/h2-5H,6H2,1H3;1-5H;/q2*-1;+2. The van der Waals surface area contributed by atoms with Gasteiger partial charge in [0, 0.05) is 13.7 Å². The third kappa shape index (κ3) is 5.76. The van der Waals surface area contributed by atoms with Gasteiger partial charge in [0.15, 0.2) is 0 Å². The normalized spacial score (nSPS) is 8.36. The Labute approximate surface area is 95.9 Å². The van der Waals surface area contributed by atoms with Gasteiger partial charge in [-0.3, -0.25) is 0 Å². The maximum atomic E-state index is 4.89. The van der Waals surface area contributed by atoms with E-state index in [0.717, 1.165) is 6.61 Å². The van der Waals surface area contributed by atoms with E-state index in [1.165, 1.54) is 5.56 Å². The molecule has 76 valence electrons. The second kappa shape index (κ2) is 8.76. The average Bonchev–Trinajstić information content (AvgIpc) is 2.79. The van der Waals surface area contributed by atoms with E-state index in [0.29, 0.717) is 0 Å². The molecule has 2 aromatic rings. The maximum absolute atomic E-state index is 4.89. The van der Waals surface area contributed by atoms with Crippen molar-refractivity contribution in [3.8, 4) is 0 Å². The van der Waals surface area contributed by atoms with Crippen LogP contribution in [0.1, 0.15) is 5.56 Å². The van der Waals surface area contributed by atoms with Gasteiger partial charge in [-0.2, -0.15) is 30.3 Å². The summed E-state index contributed by atoms with van der Waals surface area (Å²) in [5.74, 6) is 0. The molecule has 1 nitrogen and oxygen atoms in total. The van der Waals surface area contributed by atoms with Crippen molar-refractivity contribution < 1.29 is 21.8 Å². The Bertz CT molecular complexity index is 254. The van der Waals surface area contributed by atoms with Gasteiger partial charge in [0.25, 0.3) is 0 Å². The van der Waals surface area contributed by atoms with Gasteiger partial charge in [0.05, 0.1) is 0 Å². The molecule has 14 heavy (non-hydrogen) atoms. The molecule has 0 saturated heterocycles. The minimum atomic E-state index is 0. The van der Waals surface area contributed by atoms with Crippen LogP contribution in [0.5, 0.6) is 0 Å². The molecule has 0 radical (unpaired) electrons. The zero-order valence-electron chi connectivity index (χ0n) is 8.17. The van der Waals surface area contributed by atoms with Crippen LogP contribution in [0, 0.1) is 0 Å². The van der Waals surface area contributed by atoms with Crippen molar-refractivity contribution in [1.82, 2.24) is 0 Å². The van der Waals surface area contributed by atoms with Gasteiger partial charge >= 0.3 is 17.1 Å². The van der Waals surface area contributed by atoms with E-state index in [-0.39, 0.29) is 17.1 Å². The first-order valence-electron chi connectivity index (χ1n) is 4.29. The minimum Gasteiger partial charge on any atom is -0.382 e. The van der Waals surface area contributed by atoms with Gasteiger partial charge in [-0.25, -0.2) is 24.3 Å². The summed E-state index contributed by atoms with van der Waals surface area (Å²) in [5.41, 5.74) is 1.24. The molecule has 0 bridgehead atoms. The van der Waals surface area contributed by atoms with Crippen LogP contribution in [0.3, 0.4) is 0 Å². The zero-order valence-corrected chi connectivity index (χ0v) is 9.27. The summed E-state index contributed by atoms with van der Waals surface area (Å²) in [5, 5.41) is 0. The van der Waals surface area contributed by atoms with E-state index < -0.39 is 0 Å². The van der Waals surface area contributed by atoms with Gasteiger partial charge < -0.3 is 4.74 Å². The molecule has 0 N–H and O–H groups in total. The Balaban J connectivity index is 0.000000246. The summed E-state index contributed by atoms with van der Waals surface area (Å²) in [6.07, 6.45) is 0. The Kier molecular flexibility index (Phi) is 8.25.